The largest absolute Gasteiger partial charge is 0.481 e. The Bertz CT molecular complexity index is 260. The van der Waals surface area contributed by atoms with Gasteiger partial charge in [0.25, 0.3) is 0 Å². The topological polar surface area (TPSA) is 101 Å². The van der Waals surface area contributed by atoms with Crippen LogP contribution in [0.4, 0.5) is 0 Å². The molecule has 0 saturated carbocycles. The number of hydrogen-bond acceptors (Lipinski definition) is 4. The lowest BCUT2D eigenvalue weighted by molar-refractivity contribution is -0.154. The molecule has 0 aliphatic heterocycles. The van der Waals surface area contributed by atoms with Crippen LogP contribution in [0.15, 0.2) is 0 Å². The minimum atomic E-state index is -1.30. The van der Waals surface area contributed by atoms with Crippen LogP contribution in [0.25, 0.3) is 0 Å². The highest BCUT2D eigenvalue weighted by Gasteiger charge is 2.24. The lowest BCUT2D eigenvalue weighted by atomic mass is 10.0. The van der Waals surface area contributed by atoms with Crippen molar-refractivity contribution in [2.45, 2.75) is 32.6 Å². The van der Waals surface area contributed by atoms with Crippen LogP contribution in [0.2, 0.25) is 0 Å². The zero-order valence-corrected chi connectivity index (χ0v) is 9.14. The maximum Gasteiger partial charge on any atom is 0.307 e. The number of carboxylic acids is 2. The molecular weight excluding hydrogens is 216 g/mol. The molecular formula is C10H16O6. The number of rotatable bonds is 8. The Kier molecular flexibility index (Phi) is 6.91. The van der Waals surface area contributed by atoms with E-state index in [9.17, 15) is 14.4 Å². The predicted molar refractivity (Wildman–Crippen MR) is 53.9 cm³/mol. The zero-order valence-electron chi connectivity index (χ0n) is 9.14. The van der Waals surface area contributed by atoms with Gasteiger partial charge in [-0.2, -0.15) is 0 Å². The number of unbranched alkanes of at least 4 members (excludes halogenated alkanes) is 1. The number of ether oxygens (including phenoxy) is 1. The average Bonchev–Trinajstić information content (AvgIpc) is 2.16. The van der Waals surface area contributed by atoms with Gasteiger partial charge in [0.1, 0.15) is 0 Å². The number of carbonyl (C=O) groups is 3. The van der Waals surface area contributed by atoms with Crippen LogP contribution in [0, 0.1) is 5.92 Å². The summed E-state index contributed by atoms with van der Waals surface area (Å²) in [7, 11) is 0. The number of hydrogen-bond donors (Lipinski definition) is 2. The minimum Gasteiger partial charge on any atom is -0.481 e. The van der Waals surface area contributed by atoms with Crippen LogP contribution in [0.1, 0.15) is 32.6 Å². The van der Waals surface area contributed by atoms with Crippen molar-refractivity contribution in [2.24, 2.45) is 5.92 Å². The summed E-state index contributed by atoms with van der Waals surface area (Å²) in [6.45, 7) is 2.17. The highest BCUT2D eigenvalue weighted by molar-refractivity contribution is 5.82. The van der Waals surface area contributed by atoms with Crippen molar-refractivity contribution < 1.29 is 29.3 Å². The molecule has 0 radical (unpaired) electrons. The molecule has 16 heavy (non-hydrogen) atoms. The smallest absolute Gasteiger partial charge is 0.307 e. The van der Waals surface area contributed by atoms with Crippen LogP contribution in [-0.4, -0.2) is 34.7 Å². The molecule has 0 aromatic carbocycles. The first kappa shape index (κ1) is 14.4. The molecule has 0 saturated heterocycles. The molecule has 6 nitrogen and oxygen atoms in total. The number of carboxylic acid groups (broad SMARTS) is 2. The van der Waals surface area contributed by atoms with Gasteiger partial charge in [0.15, 0.2) is 0 Å². The lowest BCUT2D eigenvalue weighted by Crippen LogP contribution is -2.22. The Morgan fingerprint density at radius 2 is 1.81 bits per heavy atom. The first-order valence-corrected chi connectivity index (χ1v) is 5.07. The fraction of sp³-hybridized carbons (Fsp3) is 0.700. The number of esters is 1. The third kappa shape index (κ3) is 6.80. The quantitative estimate of drug-likeness (QED) is 0.476. The minimum absolute atomic E-state index is 0.245. The first-order valence-electron chi connectivity index (χ1n) is 5.07. The molecule has 92 valence electrons. The van der Waals surface area contributed by atoms with E-state index in [-0.39, 0.29) is 6.61 Å². The second kappa shape index (κ2) is 7.67. The van der Waals surface area contributed by atoms with E-state index in [0.717, 1.165) is 6.42 Å². The average molecular weight is 232 g/mol. The van der Waals surface area contributed by atoms with Gasteiger partial charge in [0.2, 0.25) is 0 Å². The van der Waals surface area contributed by atoms with E-state index in [1.807, 2.05) is 6.92 Å². The normalized spacial score (nSPS) is 11.8. The summed E-state index contributed by atoms with van der Waals surface area (Å²) in [5.74, 6) is -4.42. The fourth-order valence-corrected chi connectivity index (χ4v) is 1.05. The van der Waals surface area contributed by atoms with Crippen LogP contribution in [0.3, 0.4) is 0 Å². The standard InChI is InChI=1S/C10H16O6/c1-2-3-4-16-9(13)6-7(10(14)15)5-8(11)12/h7H,2-6H2,1H3,(H,11,12)(H,14,15). The van der Waals surface area contributed by atoms with E-state index >= 15 is 0 Å². The second-order valence-electron chi connectivity index (χ2n) is 3.41. The molecule has 0 amide bonds. The monoisotopic (exact) mass is 232 g/mol. The molecule has 6 heteroatoms. The summed E-state index contributed by atoms with van der Waals surface area (Å²) >= 11 is 0. The fourth-order valence-electron chi connectivity index (χ4n) is 1.05. The summed E-state index contributed by atoms with van der Waals surface area (Å²) < 4.78 is 4.75. The summed E-state index contributed by atoms with van der Waals surface area (Å²) in [6, 6.07) is 0. The molecule has 0 fully saturated rings. The second-order valence-corrected chi connectivity index (χ2v) is 3.41. The maximum absolute atomic E-state index is 11.1. The van der Waals surface area contributed by atoms with E-state index in [1.54, 1.807) is 0 Å². The number of carbonyl (C=O) groups excluding carboxylic acids is 1. The Hall–Kier alpha value is -1.59. The molecule has 0 rings (SSSR count). The van der Waals surface area contributed by atoms with Crippen molar-refractivity contribution in [3.63, 3.8) is 0 Å². The third-order valence-electron chi connectivity index (χ3n) is 1.94. The van der Waals surface area contributed by atoms with Crippen LogP contribution < -0.4 is 0 Å². The Morgan fingerprint density at radius 1 is 1.19 bits per heavy atom. The van der Waals surface area contributed by atoms with Gasteiger partial charge in [-0.15, -0.1) is 0 Å². The first-order chi connectivity index (χ1) is 7.47. The van der Waals surface area contributed by atoms with Gasteiger partial charge in [0.05, 0.1) is 25.4 Å². The zero-order chi connectivity index (χ0) is 12.6. The van der Waals surface area contributed by atoms with Gasteiger partial charge in [-0.3, -0.25) is 14.4 Å². The Labute approximate surface area is 93.2 Å². The van der Waals surface area contributed by atoms with Crippen molar-refractivity contribution in [1.29, 1.82) is 0 Å². The molecule has 0 aliphatic carbocycles. The number of aliphatic carboxylic acids is 2. The maximum atomic E-state index is 11.1. The van der Waals surface area contributed by atoms with Crippen molar-refractivity contribution in [3.05, 3.63) is 0 Å². The predicted octanol–water partition coefficient (Wildman–Crippen LogP) is 0.895. The Balaban J connectivity index is 4.03. The molecule has 0 aromatic rings. The van der Waals surface area contributed by atoms with Gasteiger partial charge >= 0.3 is 17.9 Å². The summed E-state index contributed by atoms with van der Waals surface area (Å²) in [6.07, 6.45) is 0.608. The van der Waals surface area contributed by atoms with Crippen molar-refractivity contribution in [3.8, 4) is 0 Å². The van der Waals surface area contributed by atoms with Crippen molar-refractivity contribution in [1.82, 2.24) is 0 Å². The van der Waals surface area contributed by atoms with Gasteiger partial charge in [-0.05, 0) is 6.42 Å². The van der Waals surface area contributed by atoms with Gasteiger partial charge in [-0.25, -0.2) is 0 Å². The molecule has 0 aliphatic rings. The molecule has 0 bridgehead atoms. The van der Waals surface area contributed by atoms with E-state index in [2.05, 4.69) is 0 Å². The summed E-state index contributed by atoms with van der Waals surface area (Å²) in [4.78, 5) is 32.1. The SMILES string of the molecule is CCCCOC(=O)CC(CC(=O)O)C(=O)O. The van der Waals surface area contributed by atoms with E-state index in [4.69, 9.17) is 14.9 Å². The van der Waals surface area contributed by atoms with Crippen LogP contribution in [0.5, 0.6) is 0 Å². The molecule has 0 spiro atoms. The lowest BCUT2D eigenvalue weighted by Gasteiger charge is -2.09. The molecule has 1 atom stereocenters. The van der Waals surface area contributed by atoms with Gasteiger partial charge in [-0.1, -0.05) is 13.3 Å². The van der Waals surface area contributed by atoms with Gasteiger partial charge < -0.3 is 14.9 Å². The molecule has 2 N–H and O–H groups in total. The van der Waals surface area contributed by atoms with E-state index in [0.29, 0.717) is 6.42 Å². The molecule has 1 unspecified atom stereocenters. The van der Waals surface area contributed by atoms with E-state index < -0.39 is 36.7 Å². The molecule has 0 heterocycles. The highest BCUT2D eigenvalue weighted by atomic mass is 16.5. The van der Waals surface area contributed by atoms with Gasteiger partial charge in [0, 0.05) is 0 Å². The Morgan fingerprint density at radius 3 is 2.25 bits per heavy atom. The van der Waals surface area contributed by atoms with Crippen LogP contribution in [-0.2, 0) is 19.1 Å². The van der Waals surface area contributed by atoms with E-state index in [1.165, 1.54) is 0 Å². The highest BCUT2D eigenvalue weighted by Crippen LogP contribution is 2.10. The molecule has 0 aromatic heterocycles. The van der Waals surface area contributed by atoms with Crippen molar-refractivity contribution >= 4 is 17.9 Å². The third-order valence-corrected chi connectivity index (χ3v) is 1.94. The summed E-state index contributed by atoms with van der Waals surface area (Å²) in [5, 5.41) is 17.1. The van der Waals surface area contributed by atoms with Crippen molar-refractivity contribution in [2.75, 3.05) is 6.61 Å². The summed E-state index contributed by atoms with van der Waals surface area (Å²) in [5.41, 5.74) is 0. The van der Waals surface area contributed by atoms with Crippen LogP contribution >= 0.6 is 0 Å².